The highest BCUT2D eigenvalue weighted by atomic mass is 32.2. The molecular formula is C27H39NO4S. The van der Waals surface area contributed by atoms with E-state index < -0.39 is 15.3 Å². The smallest absolute Gasteiger partial charge is 0.254 e. The zero-order chi connectivity index (χ0) is 23.8. The third kappa shape index (κ3) is 3.37. The zero-order valence-corrected chi connectivity index (χ0v) is 21.4. The van der Waals surface area contributed by atoms with Gasteiger partial charge in [0.2, 0.25) is 0 Å². The number of rotatable bonds is 1. The molecule has 2 saturated carbocycles. The molecule has 5 nitrogen and oxygen atoms in total. The predicted molar refractivity (Wildman–Crippen MR) is 129 cm³/mol. The quantitative estimate of drug-likeness (QED) is 0.600. The van der Waals surface area contributed by atoms with Crippen LogP contribution in [-0.4, -0.2) is 43.2 Å². The van der Waals surface area contributed by atoms with E-state index in [2.05, 4.69) is 27.7 Å². The summed E-state index contributed by atoms with van der Waals surface area (Å²) in [6.07, 6.45) is 8.34. The first-order valence-electron chi connectivity index (χ1n) is 12.8. The van der Waals surface area contributed by atoms with Crippen LogP contribution in [0.15, 0.2) is 17.0 Å². The van der Waals surface area contributed by atoms with Gasteiger partial charge >= 0.3 is 0 Å². The van der Waals surface area contributed by atoms with Gasteiger partial charge in [-0.25, -0.2) is 8.42 Å². The summed E-state index contributed by atoms with van der Waals surface area (Å²) in [6.45, 7) is 10.6. The number of phenolic OH excluding ortho intramolecular Hbond substituents is 1. The van der Waals surface area contributed by atoms with Crippen LogP contribution in [0.4, 0.5) is 0 Å². The fourth-order valence-electron chi connectivity index (χ4n) is 8.50. The highest BCUT2D eigenvalue weighted by molar-refractivity contribution is 7.91. The summed E-state index contributed by atoms with van der Waals surface area (Å²) in [6, 6.07) is 2.94. The molecule has 0 bridgehead atoms. The van der Waals surface area contributed by atoms with Crippen molar-refractivity contribution in [1.29, 1.82) is 0 Å². The van der Waals surface area contributed by atoms with Gasteiger partial charge in [0.25, 0.3) is 5.91 Å². The Bertz CT molecular complexity index is 1090. The number of amides is 1. The third-order valence-corrected chi connectivity index (χ3v) is 11.8. The van der Waals surface area contributed by atoms with Gasteiger partial charge in [-0.05, 0) is 90.7 Å². The summed E-state index contributed by atoms with van der Waals surface area (Å²) in [5, 5.41) is 10.5. The monoisotopic (exact) mass is 473 g/mol. The maximum Gasteiger partial charge on any atom is 0.254 e. The van der Waals surface area contributed by atoms with Gasteiger partial charge in [-0.15, -0.1) is 0 Å². The lowest BCUT2D eigenvalue weighted by Crippen LogP contribution is -2.60. The molecule has 182 valence electrons. The van der Waals surface area contributed by atoms with Crippen molar-refractivity contribution in [3.63, 3.8) is 0 Å². The van der Waals surface area contributed by atoms with Crippen molar-refractivity contribution in [3.05, 3.63) is 23.3 Å². The minimum absolute atomic E-state index is 0.0294. The Balaban J connectivity index is 1.70. The Morgan fingerprint density at radius 2 is 1.67 bits per heavy atom. The summed E-state index contributed by atoms with van der Waals surface area (Å²) < 4.78 is 27.4. The van der Waals surface area contributed by atoms with E-state index in [-0.39, 0.29) is 39.1 Å². The average Bonchev–Trinajstić information content (AvgIpc) is 2.74. The first-order chi connectivity index (χ1) is 15.4. The summed E-state index contributed by atoms with van der Waals surface area (Å²) in [5.41, 5.74) is 0.825. The fraction of sp³-hybridized carbons (Fsp3) is 0.741. The van der Waals surface area contributed by atoms with E-state index in [9.17, 15) is 18.3 Å². The van der Waals surface area contributed by atoms with Gasteiger partial charge in [0.15, 0.2) is 9.84 Å². The van der Waals surface area contributed by atoms with Crippen LogP contribution in [0.3, 0.4) is 0 Å². The van der Waals surface area contributed by atoms with Crippen LogP contribution in [0.5, 0.6) is 5.75 Å². The number of hydrogen-bond acceptors (Lipinski definition) is 4. The van der Waals surface area contributed by atoms with Crippen molar-refractivity contribution in [2.75, 3.05) is 18.8 Å². The third-order valence-electron chi connectivity index (χ3n) is 10.0. The summed E-state index contributed by atoms with van der Waals surface area (Å²) in [4.78, 5) is 15.8. The maximum absolute atomic E-state index is 13.7. The Hall–Kier alpha value is -1.56. The van der Waals surface area contributed by atoms with Crippen molar-refractivity contribution in [2.24, 2.45) is 22.7 Å². The average molecular weight is 474 g/mol. The molecule has 2 aliphatic carbocycles. The lowest BCUT2D eigenvalue weighted by molar-refractivity contribution is -0.0982. The first-order valence-corrected chi connectivity index (χ1v) is 14.4. The molecule has 1 aromatic rings. The van der Waals surface area contributed by atoms with Crippen LogP contribution in [0.25, 0.3) is 0 Å². The number of benzene rings is 1. The van der Waals surface area contributed by atoms with E-state index in [1.165, 1.54) is 18.6 Å². The van der Waals surface area contributed by atoms with Gasteiger partial charge in [-0.3, -0.25) is 4.79 Å². The molecule has 3 fully saturated rings. The van der Waals surface area contributed by atoms with Gasteiger partial charge in [0.05, 0.1) is 10.6 Å². The van der Waals surface area contributed by atoms with Gasteiger partial charge < -0.3 is 10.0 Å². The van der Waals surface area contributed by atoms with Crippen molar-refractivity contribution >= 4 is 15.7 Å². The molecule has 1 N–H and O–H groups in total. The van der Waals surface area contributed by atoms with Crippen LogP contribution in [0.1, 0.15) is 95.0 Å². The van der Waals surface area contributed by atoms with E-state index in [1.54, 1.807) is 0 Å². The number of nitrogens with zero attached hydrogens (tertiary/aromatic N) is 1. The standard InChI is InChI=1S/C27H39NO4S/c1-25(2)10-8-11-26(3)21(25)9-12-27(4)22(26)17-33(31,32)20-16-18(29)15-19(23(20)27)24(30)28-13-6-5-7-14-28/h15-16,21-22,29H,5-14,17H2,1-4H3/t21-,22+,26-,27+/m0/s1. The molecular weight excluding hydrogens is 434 g/mol. The van der Waals surface area contributed by atoms with Gasteiger partial charge in [0.1, 0.15) is 5.75 Å². The highest BCUT2D eigenvalue weighted by Crippen LogP contribution is 2.67. The fourth-order valence-corrected chi connectivity index (χ4v) is 10.8. The summed E-state index contributed by atoms with van der Waals surface area (Å²) in [5.74, 6) is 0.319. The molecule has 2 aliphatic heterocycles. The van der Waals surface area contributed by atoms with Crippen LogP contribution < -0.4 is 0 Å². The Labute approximate surface area is 198 Å². The first kappa shape index (κ1) is 23.2. The second-order valence-electron chi connectivity index (χ2n) is 12.4. The molecule has 1 amide bonds. The van der Waals surface area contributed by atoms with Gasteiger partial charge in [-0.1, -0.05) is 34.1 Å². The van der Waals surface area contributed by atoms with E-state index in [0.717, 1.165) is 44.9 Å². The highest BCUT2D eigenvalue weighted by Gasteiger charge is 2.62. The lowest BCUT2D eigenvalue weighted by atomic mass is 9.42. The van der Waals surface area contributed by atoms with Crippen molar-refractivity contribution < 1.29 is 18.3 Å². The maximum atomic E-state index is 13.7. The molecule has 4 atom stereocenters. The van der Waals surface area contributed by atoms with Crippen LogP contribution in [0, 0.1) is 22.7 Å². The Morgan fingerprint density at radius 3 is 2.36 bits per heavy atom. The second kappa shape index (κ2) is 7.47. The van der Waals surface area contributed by atoms with E-state index in [4.69, 9.17) is 0 Å². The Kier molecular flexibility index (Phi) is 5.25. The second-order valence-corrected chi connectivity index (χ2v) is 14.4. The number of carbonyl (C=O) groups is 1. The van der Waals surface area contributed by atoms with Crippen LogP contribution in [-0.2, 0) is 15.3 Å². The molecule has 2 heterocycles. The van der Waals surface area contributed by atoms with Crippen molar-refractivity contribution in [1.82, 2.24) is 4.90 Å². The minimum Gasteiger partial charge on any atom is -0.508 e. The van der Waals surface area contributed by atoms with Crippen LogP contribution >= 0.6 is 0 Å². The molecule has 5 rings (SSSR count). The Morgan fingerprint density at radius 1 is 0.970 bits per heavy atom. The normalized spacial score (nSPS) is 36.9. The summed E-state index contributed by atoms with van der Waals surface area (Å²) in [7, 11) is -3.62. The molecule has 0 spiro atoms. The minimum atomic E-state index is -3.62. The number of likely N-dealkylation sites (tertiary alicyclic amines) is 1. The van der Waals surface area contributed by atoms with Gasteiger partial charge in [-0.2, -0.15) is 0 Å². The van der Waals surface area contributed by atoms with E-state index in [1.807, 2.05) is 4.90 Å². The molecule has 0 radical (unpaired) electrons. The van der Waals surface area contributed by atoms with Crippen molar-refractivity contribution in [3.8, 4) is 5.75 Å². The number of piperidine rings is 1. The predicted octanol–water partition coefficient (Wildman–Crippen LogP) is 5.31. The summed E-state index contributed by atoms with van der Waals surface area (Å²) >= 11 is 0. The van der Waals surface area contributed by atoms with E-state index >= 15 is 0 Å². The molecule has 6 heteroatoms. The molecule has 1 saturated heterocycles. The number of carbonyl (C=O) groups excluding carboxylic acids is 1. The van der Waals surface area contributed by atoms with Crippen LogP contribution in [0.2, 0.25) is 0 Å². The van der Waals surface area contributed by atoms with E-state index in [0.29, 0.717) is 30.1 Å². The number of fused-ring (bicyclic) bond motifs is 5. The topological polar surface area (TPSA) is 74.7 Å². The zero-order valence-electron chi connectivity index (χ0n) is 20.6. The molecule has 0 unspecified atom stereocenters. The van der Waals surface area contributed by atoms with Crippen molar-refractivity contribution in [2.45, 2.75) is 89.4 Å². The molecule has 4 aliphatic rings. The molecule has 33 heavy (non-hydrogen) atoms. The molecule has 1 aromatic carbocycles. The molecule has 0 aromatic heterocycles. The largest absolute Gasteiger partial charge is 0.508 e. The number of hydrogen-bond donors (Lipinski definition) is 1. The lowest BCUT2D eigenvalue weighted by Gasteiger charge is -2.64. The number of phenols is 1. The number of sulfone groups is 1. The number of aromatic hydroxyl groups is 1. The van der Waals surface area contributed by atoms with Gasteiger partial charge in [0, 0.05) is 18.7 Å². The SMILES string of the molecule is CC1(C)CCC[C@]2(C)[C@H]3CS(=O)(=O)c4cc(O)cc(C(=O)N5CCCCC5)c4[C@]3(C)CC[C@@H]12.